The Morgan fingerprint density at radius 1 is 1.25 bits per heavy atom. The fourth-order valence-electron chi connectivity index (χ4n) is 1.49. The molecule has 1 rings (SSSR count). The zero-order chi connectivity index (χ0) is 8.97. The molecule has 0 amide bonds. The Morgan fingerprint density at radius 3 is 2.33 bits per heavy atom. The van der Waals surface area contributed by atoms with Gasteiger partial charge in [-0.2, -0.15) is 0 Å². The summed E-state index contributed by atoms with van der Waals surface area (Å²) in [6.45, 7) is 7.98. The normalized spacial score (nSPS) is 24.2. The van der Waals surface area contributed by atoms with Gasteiger partial charge in [0.25, 0.3) is 0 Å². The molecule has 0 radical (unpaired) electrons. The molecule has 0 aliphatic carbocycles. The van der Waals surface area contributed by atoms with Crippen LogP contribution in [0.5, 0.6) is 0 Å². The number of nitrogens with two attached hydrogens (primary N) is 1. The van der Waals surface area contributed by atoms with Crippen molar-refractivity contribution in [2.75, 3.05) is 39.8 Å². The van der Waals surface area contributed by atoms with Gasteiger partial charge in [0.15, 0.2) is 0 Å². The van der Waals surface area contributed by atoms with Crippen LogP contribution in [0.25, 0.3) is 0 Å². The lowest BCUT2D eigenvalue weighted by Crippen LogP contribution is -2.48. The van der Waals surface area contributed by atoms with Gasteiger partial charge in [-0.25, -0.2) is 0 Å². The van der Waals surface area contributed by atoms with E-state index in [1.807, 2.05) is 0 Å². The molecule has 0 unspecified atom stereocenters. The van der Waals surface area contributed by atoms with E-state index in [1.165, 1.54) is 26.2 Å². The van der Waals surface area contributed by atoms with Gasteiger partial charge in [0.2, 0.25) is 0 Å². The third-order valence-corrected chi connectivity index (χ3v) is 2.61. The van der Waals surface area contributed by atoms with Crippen molar-refractivity contribution in [3.8, 4) is 0 Å². The standard InChI is InChI=1S/C9H21N3/c1-3-9(10)8-12-6-4-11(2)5-7-12/h9H,3-8,10H2,1-2H3/t9-/m1/s1. The third-order valence-electron chi connectivity index (χ3n) is 2.61. The van der Waals surface area contributed by atoms with Crippen LogP contribution in [0.4, 0.5) is 0 Å². The summed E-state index contributed by atoms with van der Waals surface area (Å²) in [6.07, 6.45) is 1.09. The van der Waals surface area contributed by atoms with Crippen LogP contribution >= 0.6 is 0 Å². The van der Waals surface area contributed by atoms with Crippen LogP contribution in [-0.2, 0) is 0 Å². The highest BCUT2D eigenvalue weighted by Crippen LogP contribution is 2.00. The van der Waals surface area contributed by atoms with E-state index in [9.17, 15) is 0 Å². The van der Waals surface area contributed by atoms with Crippen molar-refractivity contribution in [3.05, 3.63) is 0 Å². The Balaban J connectivity index is 2.17. The largest absolute Gasteiger partial charge is 0.327 e. The van der Waals surface area contributed by atoms with Crippen LogP contribution in [0.1, 0.15) is 13.3 Å². The molecular weight excluding hydrogens is 150 g/mol. The number of piperazine rings is 1. The SMILES string of the molecule is CC[C@@H](N)CN1CCN(C)CC1. The molecule has 0 aromatic carbocycles. The summed E-state index contributed by atoms with van der Waals surface area (Å²) in [6, 6.07) is 0.369. The van der Waals surface area contributed by atoms with Crippen LogP contribution in [0.2, 0.25) is 0 Å². The number of hydrogen-bond donors (Lipinski definition) is 1. The molecule has 0 aromatic rings. The van der Waals surface area contributed by atoms with Crippen molar-refractivity contribution in [1.29, 1.82) is 0 Å². The van der Waals surface area contributed by atoms with Crippen molar-refractivity contribution >= 4 is 0 Å². The highest BCUT2D eigenvalue weighted by molar-refractivity contribution is 4.73. The molecule has 1 aliphatic heterocycles. The lowest BCUT2D eigenvalue weighted by Gasteiger charge is -2.33. The minimum Gasteiger partial charge on any atom is -0.327 e. The fraction of sp³-hybridized carbons (Fsp3) is 1.00. The monoisotopic (exact) mass is 171 g/mol. The van der Waals surface area contributed by atoms with E-state index in [4.69, 9.17) is 5.73 Å². The summed E-state index contributed by atoms with van der Waals surface area (Å²) >= 11 is 0. The lowest BCUT2D eigenvalue weighted by molar-refractivity contribution is 0.147. The van der Waals surface area contributed by atoms with Crippen LogP contribution in [0, 0.1) is 0 Å². The number of nitrogens with zero attached hydrogens (tertiary/aromatic N) is 2. The Hall–Kier alpha value is -0.120. The average molecular weight is 171 g/mol. The Bertz CT molecular complexity index is 119. The quantitative estimate of drug-likeness (QED) is 0.647. The first-order valence-corrected chi connectivity index (χ1v) is 4.89. The first-order valence-electron chi connectivity index (χ1n) is 4.89. The smallest absolute Gasteiger partial charge is 0.0165 e. The van der Waals surface area contributed by atoms with Gasteiger partial charge in [-0.1, -0.05) is 6.92 Å². The first-order chi connectivity index (χ1) is 5.72. The van der Waals surface area contributed by atoms with E-state index in [-0.39, 0.29) is 0 Å². The molecule has 0 saturated carbocycles. The molecule has 1 saturated heterocycles. The maximum Gasteiger partial charge on any atom is 0.0165 e. The minimum absolute atomic E-state index is 0.369. The molecule has 3 nitrogen and oxygen atoms in total. The maximum atomic E-state index is 5.88. The molecule has 0 spiro atoms. The van der Waals surface area contributed by atoms with Gasteiger partial charge in [0, 0.05) is 38.8 Å². The molecule has 72 valence electrons. The van der Waals surface area contributed by atoms with Crippen molar-refractivity contribution < 1.29 is 0 Å². The molecule has 1 atom stereocenters. The average Bonchev–Trinajstić information content (AvgIpc) is 2.09. The fourth-order valence-corrected chi connectivity index (χ4v) is 1.49. The van der Waals surface area contributed by atoms with Crippen LogP contribution in [-0.4, -0.2) is 55.6 Å². The maximum absolute atomic E-state index is 5.88. The summed E-state index contributed by atoms with van der Waals surface area (Å²) in [7, 11) is 2.18. The highest BCUT2D eigenvalue weighted by atomic mass is 15.2. The van der Waals surface area contributed by atoms with Crippen LogP contribution in [0.15, 0.2) is 0 Å². The summed E-state index contributed by atoms with van der Waals surface area (Å²) in [5.41, 5.74) is 5.88. The summed E-state index contributed by atoms with van der Waals surface area (Å²) in [5.74, 6) is 0. The van der Waals surface area contributed by atoms with Gasteiger partial charge in [-0.05, 0) is 13.5 Å². The van der Waals surface area contributed by atoms with Gasteiger partial charge < -0.3 is 10.6 Å². The number of likely N-dealkylation sites (N-methyl/N-ethyl adjacent to an activating group) is 1. The van der Waals surface area contributed by atoms with E-state index in [1.54, 1.807) is 0 Å². The lowest BCUT2D eigenvalue weighted by atomic mass is 10.2. The second-order valence-electron chi connectivity index (χ2n) is 3.77. The summed E-state index contributed by atoms with van der Waals surface area (Å²) in [5, 5.41) is 0. The van der Waals surface area contributed by atoms with Crippen molar-refractivity contribution in [2.24, 2.45) is 5.73 Å². The van der Waals surface area contributed by atoms with Crippen LogP contribution < -0.4 is 5.73 Å². The molecule has 0 aromatic heterocycles. The zero-order valence-corrected chi connectivity index (χ0v) is 8.29. The van der Waals surface area contributed by atoms with Gasteiger partial charge in [-0.3, -0.25) is 4.90 Å². The molecule has 1 heterocycles. The van der Waals surface area contributed by atoms with Gasteiger partial charge >= 0.3 is 0 Å². The van der Waals surface area contributed by atoms with Gasteiger partial charge in [0.05, 0.1) is 0 Å². The predicted octanol–water partition coefficient (Wildman–Crippen LogP) is -0.0289. The predicted molar refractivity (Wildman–Crippen MR) is 52.2 cm³/mol. The summed E-state index contributed by atoms with van der Waals surface area (Å²) in [4.78, 5) is 4.84. The molecule has 3 heteroatoms. The second kappa shape index (κ2) is 4.80. The molecular formula is C9H21N3. The van der Waals surface area contributed by atoms with Gasteiger partial charge in [-0.15, -0.1) is 0 Å². The van der Waals surface area contributed by atoms with Crippen molar-refractivity contribution in [2.45, 2.75) is 19.4 Å². The Morgan fingerprint density at radius 2 is 1.83 bits per heavy atom. The molecule has 1 aliphatic rings. The Labute approximate surface area is 75.5 Å². The number of hydrogen-bond acceptors (Lipinski definition) is 3. The van der Waals surface area contributed by atoms with Crippen LogP contribution in [0.3, 0.4) is 0 Å². The summed E-state index contributed by atoms with van der Waals surface area (Å²) < 4.78 is 0. The van der Waals surface area contributed by atoms with E-state index in [0.29, 0.717) is 6.04 Å². The third kappa shape index (κ3) is 3.09. The second-order valence-corrected chi connectivity index (χ2v) is 3.77. The Kier molecular flexibility index (Phi) is 3.98. The van der Waals surface area contributed by atoms with E-state index >= 15 is 0 Å². The first kappa shape index (κ1) is 9.96. The molecule has 1 fully saturated rings. The molecule has 2 N–H and O–H groups in total. The zero-order valence-electron chi connectivity index (χ0n) is 8.29. The van der Waals surface area contributed by atoms with Gasteiger partial charge in [0.1, 0.15) is 0 Å². The van der Waals surface area contributed by atoms with E-state index in [2.05, 4.69) is 23.8 Å². The highest BCUT2D eigenvalue weighted by Gasteiger charge is 2.14. The van der Waals surface area contributed by atoms with E-state index in [0.717, 1.165) is 13.0 Å². The molecule has 12 heavy (non-hydrogen) atoms. The topological polar surface area (TPSA) is 32.5 Å². The minimum atomic E-state index is 0.369. The van der Waals surface area contributed by atoms with Crippen molar-refractivity contribution in [3.63, 3.8) is 0 Å². The van der Waals surface area contributed by atoms with E-state index < -0.39 is 0 Å². The molecule has 0 bridgehead atoms. The number of rotatable bonds is 3. The van der Waals surface area contributed by atoms with Crippen molar-refractivity contribution in [1.82, 2.24) is 9.80 Å².